The van der Waals surface area contributed by atoms with Crippen molar-refractivity contribution >= 4 is 29.0 Å². The molecule has 0 unspecified atom stereocenters. The van der Waals surface area contributed by atoms with Crippen molar-refractivity contribution in [3.8, 4) is 0 Å². The zero-order valence-corrected chi connectivity index (χ0v) is 12.1. The minimum Gasteiger partial charge on any atom is -0.359 e. The number of aromatic nitrogens is 2. The average molecular weight is 297 g/mol. The number of nitrogens with one attached hydrogen (secondary N) is 2. The molecule has 2 heterocycles. The second-order valence-corrected chi connectivity index (χ2v) is 5.32. The summed E-state index contributed by atoms with van der Waals surface area (Å²) in [5.74, 6) is 0.498. The van der Waals surface area contributed by atoms with Gasteiger partial charge in [0, 0.05) is 0 Å². The fraction of sp³-hybridized carbons (Fsp3) is 0.385. The van der Waals surface area contributed by atoms with E-state index in [1.165, 1.54) is 0 Å². The van der Waals surface area contributed by atoms with E-state index in [1.807, 2.05) is 16.5 Å². The summed E-state index contributed by atoms with van der Waals surface area (Å²) in [4.78, 5) is 15.6. The third-order valence-corrected chi connectivity index (χ3v) is 3.13. The molecule has 0 bridgehead atoms. The van der Waals surface area contributed by atoms with Gasteiger partial charge in [0.1, 0.15) is 16.6 Å². The summed E-state index contributed by atoms with van der Waals surface area (Å²) in [6, 6.07) is 5.48. The van der Waals surface area contributed by atoms with Gasteiger partial charge in [-0.05, 0) is 24.5 Å². The van der Waals surface area contributed by atoms with E-state index in [1.54, 1.807) is 11.5 Å². The Labute approximate surface area is 121 Å². The van der Waals surface area contributed by atoms with Gasteiger partial charge in [-0.15, -0.1) is 0 Å². The van der Waals surface area contributed by atoms with E-state index in [9.17, 15) is 4.79 Å². The van der Waals surface area contributed by atoms with Crippen molar-refractivity contribution in [2.24, 2.45) is 5.92 Å². The quantitative estimate of drug-likeness (QED) is 0.448. The van der Waals surface area contributed by atoms with Crippen molar-refractivity contribution in [1.82, 2.24) is 14.9 Å². The first-order valence-electron chi connectivity index (χ1n) is 6.35. The maximum Gasteiger partial charge on any atom is 0.262 e. The minimum absolute atomic E-state index is 0.0525. The Balaban J connectivity index is 2.41. The predicted octanol–water partition coefficient (Wildman–Crippen LogP) is 2.10. The van der Waals surface area contributed by atoms with Crippen molar-refractivity contribution in [1.29, 1.82) is 0 Å². The molecule has 108 valence electrons. The number of pyridine rings is 1. The van der Waals surface area contributed by atoms with Crippen LogP contribution in [-0.4, -0.2) is 27.0 Å². The van der Waals surface area contributed by atoms with Gasteiger partial charge >= 0.3 is 0 Å². The molecule has 0 fully saturated rings. The maximum atomic E-state index is 11.1. The lowest BCUT2D eigenvalue weighted by Crippen LogP contribution is -2.27. The topological polar surface area (TPSA) is 78.7 Å². The first-order chi connectivity index (χ1) is 9.52. The van der Waals surface area contributed by atoms with Crippen LogP contribution in [0.3, 0.4) is 0 Å². The van der Waals surface area contributed by atoms with Crippen LogP contribution in [0.15, 0.2) is 18.2 Å². The number of carbonyl (C=O) groups excluding carboxylic acids is 1. The number of carbonyl (C=O) groups is 1. The molecule has 2 rings (SSSR count). The maximum absolute atomic E-state index is 11.1. The van der Waals surface area contributed by atoms with Crippen molar-refractivity contribution in [3.63, 3.8) is 0 Å². The third kappa shape index (κ3) is 3.02. The monoisotopic (exact) mass is 296 g/mol. The highest BCUT2D eigenvalue weighted by Gasteiger charge is 2.15. The number of halogens is 1. The van der Waals surface area contributed by atoms with Gasteiger partial charge in [-0.2, -0.15) is 0 Å². The second-order valence-electron chi connectivity index (χ2n) is 4.94. The lowest BCUT2D eigenvalue weighted by atomic mass is 10.1. The summed E-state index contributed by atoms with van der Waals surface area (Å²) < 4.78 is 1.86. The van der Waals surface area contributed by atoms with Crippen LogP contribution in [-0.2, 0) is 11.2 Å². The fourth-order valence-electron chi connectivity index (χ4n) is 2.03. The molecule has 0 aliphatic carbocycles. The first kappa shape index (κ1) is 14.6. The van der Waals surface area contributed by atoms with Gasteiger partial charge in [-0.3, -0.25) is 14.4 Å². The number of imidazole rings is 1. The summed E-state index contributed by atoms with van der Waals surface area (Å²) in [5, 5.41) is 12.0. The highest BCUT2D eigenvalue weighted by atomic mass is 35.5. The standard InChI is InChI=1S/C13H17ClN4O2/c1-8(2)6-9-13(15-7-12(19)17-20)16-11-5-3-4-10(14)18(9)11/h3-5,8,15,20H,6-7H2,1-2H3,(H,17,19). The fourth-order valence-corrected chi connectivity index (χ4v) is 2.29. The first-order valence-corrected chi connectivity index (χ1v) is 6.73. The molecule has 3 N–H and O–H groups in total. The zero-order chi connectivity index (χ0) is 14.7. The lowest BCUT2D eigenvalue weighted by Gasteiger charge is -2.09. The van der Waals surface area contributed by atoms with E-state index < -0.39 is 5.91 Å². The Hall–Kier alpha value is -1.79. The number of rotatable bonds is 5. The van der Waals surface area contributed by atoms with E-state index in [0.717, 1.165) is 17.8 Å². The molecule has 0 radical (unpaired) electrons. The number of anilines is 1. The summed E-state index contributed by atoms with van der Waals surface area (Å²) in [5.41, 5.74) is 3.22. The molecule has 6 nitrogen and oxygen atoms in total. The van der Waals surface area contributed by atoms with Crippen LogP contribution in [0.25, 0.3) is 5.65 Å². The summed E-state index contributed by atoms with van der Waals surface area (Å²) in [6.07, 6.45) is 0.772. The molecular weight excluding hydrogens is 280 g/mol. The SMILES string of the molecule is CC(C)Cc1c(NCC(=O)NO)nc2cccc(Cl)n12. The van der Waals surface area contributed by atoms with Crippen molar-refractivity contribution < 1.29 is 10.0 Å². The molecule has 1 amide bonds. The Morgan fingerprint density at radius 3 is 2.90 bits per heavy atom. The number of hydrogen-bond acceptors (Lipinski definition) is 4. The summed E-state index contributed by atoms with van der Waals surface area (Å²) >= 11 is 6.22. The van der Waals surface area contributed by atoms with Gasteiger partial charge in [0.05, 0.1) is 12.2 Å². The number of hydrogen-bond donors (Lipinski definition) is 3. The van der Waals surface area contributed by atoms with Gasteiger partial charge < -0.3 is 5.32 Å². The normalized spacial score (nSPS) is 11.1. The van der Waals surface area contributed by atoms with Crippen LogP contribution in [0.1, 0.15) is 19.5 Å². The van der Waals surface area contributed by atoms with E-state index in [4.69, 9.17) is 16.8 Å². The molecule has 0 atom stereocenters. The lowest BCUT2D eigenvalue weighted by molar-refractivity contribution is -0.127. The van der Waals surface area contributed by atoms with E-state index in [2.05, 4.69) is 24.1 Å². The number of fused-ring (bicyclic) bond motifs is 1. The van der Waals surface area contributed by atoms with Crippen LogP contribution in [0.5, 0.6) is 0 Å². The number of nitrogens with zero attached hydrogens (tertiary/aromatic N) is 2. The molecule has 20 heavy (non-hydrogen) atoms. The Morgan fingerprint density at radius 1 is 1.50 bits per heavy atom. The van der Waals surface area contributed by atoms with E-state index in [0.29, 0.717) is 16.9 Å². The molecule has 0 saturated heterocycles. The van der Waals surface area contributed by atoms with Gasteiger partial charge in [0.25, 0.3) is 5.91 Å². The molecule has 2 aromatic heterocycles. The Kier molecular flexibility index (Phi) is 4.46. The third-order valence-electron chi connectivity index (χ3n) is 2.83. The zero-order valence-electron chi connectivity index (χ0n) is 11.4. The Bertz CT molecular complexity index is 624. The molecule has 0 saturated carbocycles. The largest absolute Gasteiger partial charge is 0.359 e. The number of amides is 1. The molecule has 0 aliphatic heterocycles. The Morgan fingerprint density at radius 2 is 2.25 bits per heavy atom. The molecule has 7 heteroatoms. The summed E-state index contributed by atoms with van der Waals surface area (Å²) in [7, 11) is 0. The number of hydroxylamine groups is 1. The molecule has 0 spiro atoms. The summed E-state index contributed by atoms with van der Waals surface area (Å²) in [6.45, 7) is 4.14. The molecule has 0 aromatic carbocycles. The van der Waals surface area contributed by atoms with Gasteiger partial charge in [0.15, 0.2) is 0 Å². The van der Waals surface area contributed by atoms with Crippen molar-refractivity contribution in [3.05, 3.63) is 29.0 Å². The highest BCUT2D eigenvalue weighted by Crippen LogP contribution is 2.24. The van der Waals surface area contributed by atoms with Gasteiger partial charge in [-0.25, -0.2) is 10.5 Å². The molecular formula is C13H17ClN4O2. The van der Waals surface area contributed by atoms with Crippen LogP contribution < -0.4 is 10.8 Å². The van der Waals surface area contributed by atoms with Crippen LogP contribution in [0, 0.1) is 5.92 Å². The smallest absolute Gasteiger partial charge is 0.262 e. The predicted molar refractivity (Wildman–Crippen MR) is 77.2 cm³/mol. The molecule has 0 aliphatic rings. The van der Waals surface area contributed by atoms with Crippen LogP contribution in [0.2, 0.25) is 5.15 Å². The minimum atomic E-state index is -0.524. The molecule has 2 aromatic rings. The van der Waals surface area contributed by atoms with Crippen molar-refractivity contribution in [2.45, 2.75) is 20.3 Å². The second kappa shape index (κ2) is 6.11. The van der Waals surface area contributed by atoms with Crippen molar-refractivity contribution in [2.75, 3.05) is 11.9 Å². The van der Waals surface area contributed by atoms with E-state index >= 15 is 0 Å². The average Bonchev–Trinajstić information content (AvgIpc) is 2.74. The van der Waals surface area contributed by atoms with Crippen LogP contribution >= 0.6 is 11.6 Å². The van der Waals surface area contributed by atoms with E-state index in [-0.39, 0.29) is 6.54 Å². The van der Waals surface area contributed by atoms with Crippen LogP contribution in [0.4, 0.5) is 5.82 Å². The van der Waals surface area contributed by atoms with Gasteiger partial charge in [0.2, 0.25) is 0 Å². The highest BCUT2D eigenvalue weighted by molar-refractivity contribution is 6.29. The van der Waals surface area contributed by atoms with Gasteiger partial charge in [-0.1, -0.05) is 31.5 Å².